The van der Waals surface area contributed by atoms with Crippen LogP contribution in [0.2, 0.25) is 0 Å². The average Bonchev–Trinajstić information content (AvgIpc) is 3.22. The summed E-state index contributed by atoms with van der Waals surface area (Å²) in [6.07, 6.45) is 4.27. The van der Waals surface area contributed by atoms with Crippen molar-refractivity contribution in [2.45, 2.75) is 65.1 Å². The van der Waals surface area contributed by atoms with E-state index in [0.29, 0.717) is 17.9 Å². The molecule has 3 N–H and O–H groups in total. The number of hydrogen-bond donors (Lipinski definition) is 3. The number of anilines is 1. The smallest absolute Gasteiger partial charge is 0.305 e. The summed E-state index contributed by atoms with van der Waals surface area (Å²) in [5.41, 5.74) is 0.517. The Hall–Kier alpha value is -3.61. The molecule has 0 aliphatic carbocycles. The third-order valence-electron chi connectivity index (χ3n) is 5.47. The van der Waals surface area contributed by atoms with E-state index < -0.39 is 41.7 Å². The quantitative estimate of drug-likeness (QED) is 0.321. The van der Waals surface area contributed by atoms with Crippen LogP contribution >= 0.6 is 0 Å². The second kappa shape index (κ2) is 13.3. The van der Waals surface area contributed by atoms with Crippen molar-refractivity contribution >= 4 is 23.5 Å². The van der Waals surface area contributed by atoms with E-state index in [9.17, 15) is 24.3 Å². The Morgan fingerprint density at radius 3 is 2.60 bits per heavy atom. The van der Waals surface area contributed by atoms with Crippen LogP contribution in [0, 0.1) is 6.92 Å². The molecular weight excluding hydrogens is 458 g/mol. The minimum Gasteiger partial charge on any atom is -0.481 e. The Balaban J connectivity index is 2.17. The first-order valence-electron chi connectivity index (χ1n) is 11.5. The minimum atomic E-state index is -1.21. The molecule has 192 valence electrons. The number of carbonyl (C=O) groups is 3. The molecule has 2 heterocycles. The van der Waals surface area contributed by atoms with Crippen molar-refractivity contribution in [3.8, 4) is 0 Å². The Morgan fingerprint density at radius 1 is 1.26 bits per heavy atom. The lowest BCUT2D eigenvalue weighted by Crippen LogP contribution is -2.49. The first-order chi connectivity index (χ1) is 16.7. The summed E-state index contributed by atoms with van der Waals surface area (Å²) in [4.78, 5) is 56.0. The van der Waals surface area contributed by atoms with E-state index in [1.165, 1.54) is 17.0 Å². The van der Waals surface area contributed by atoms with Gasteiger partial charge in [-0.05, 0) is 33.4 Å². The second-order valence-corrected chi connectivity index (χ2v) is 8.28. The van der Waals surface area contributed by atoms with E-state index in [2.05, 4.69) is 30.6 Å². The van der Waals surface area contributed by atoms with Gasteiger partial charge in [0.1, 0.15) is 17.4 Å². The van der Waals surface area contributed by atoms with Crippen molar-refractivity contribution in [2.75, 3.05) is 25.5 Å². The number of rotatable bonds is 15. The van der Waals surface area contributed by atoms with Gasteiger partial charge in [0.25, 0.3) is 5.56 Å². The van der Waals surface area contributed by atoms with Gasteiger partial charge < -0.3 is 15.7 Å². The predicted molar refractivity (Wildman–Crippen MR) is 126 cm³/mol. The number of hydrogen-bond acceptors (Lipinski definition) is 10. The number of unbranched alkanes of at least 4 members (excludes halogenated alkanes) is 1. The van der Waals surface area contributed by atoms with Crippen LogP contribution in [0.5, 0.6) is 0 Å². The topological polar surface area (TPSA) is 173 Å². The third-order valence-corrected chi connectivity index (χ3v) is 5.47. The first kappa shape index (κ1) is 27.6. The van der Waals surface area contributed by atoms with E-state index >= 15 is 0 Å². The molecule has 1 amide bonds. The van der Waals surface area contributed by atoms with Crippen molar-refractivity contribution in [1.29, 1.82) is 0 Å². The molecule has 2 atom stereocenters. The number of likely N-dealkylation sites (N-methyl/N-ethyl adjacent to an activating group) is 1. The van der Waals surface area contributed by atoms with Gasteiger partial charge in [-0.3, -0.25) is 28.6 Å². The molecule has 0 saturated heterocycles. The molecule has 0 saturated carbocycles. The largest absolute Gasteiger partial charge is 0.481 e. The van der Waals surface area contributed by atoms with Crippen LogP contribution in [-0.2, 0) is 20.9 Å². The maximum absolute atomic E-state index is 13.1. The van der Waals surface area contributed by atoms with Crippen molar-refractivity contribution in [1.82, 2.24) is 30.1 Å². The molecule has 2 aromatic heterocycles. The number of nitrogens with one attached hydrogen (secondary N) is 2. The van der Waals surface area contributed by atoms with E-state index in [0.717, 1.165) is 12.8 Å². The number of ketones is 1. The zero-order valence-corrected chi connectivity index (χ0v) is 20.5. The van der Waals surface area contributed by atoms with Gasteiger partial charge in [0, 0.05) is 12.4 Å². The van der Waals surface area contributed by atoms with Gasteiger partial charge in [0.15, 0.2) is 11.6 Å². The molecule has 2 rings (SSSR count). The molecule has 13 heteroatoms. The van der Waals surface area contributed by atoms with Crippen LogP contribution in [0.1, 0.15) is 57.0 Å². The zero-order valence-electron chi connectivity index (χ0n) is 20.5. The zero-order chi connectivity index (χ0) is 26.0. The van der Waals surface area contributed by atoms with Crippen LogP contribution in [0.3, 0.4) is 0 Å². The summed E-state index contributed by atoms with van der Waals surface area (Å²) >= 11 is 0. The fourth-order valence-electron chi connectivity index (χ4n) is 3.45. The molecule has 0 aliphatic heterocycles. The molecule has 0 aliphatic rings. The lowest BCUT2D eigenvalue weighted by Gasteiger charge is -2.24. The number of aliphatic carboxylic acids is 1. The Kier molecular flexibility index (Phi) is 10.5. The highest BCUT2D eigenvalue weighted by atomic mass is 16.6. The monoisotopic (exact) mass is 491 g/mol. The maximum Gasteiger partial charge on any atom is 0.305 e. The molecule has 35 heavy (non-hydrogen) atoms. The number of amides is 1. The third kappa shape index (κ3) is 7.98. The fourth-order valence-corrected chi connectivity index (χ4v) is 3.45. The van der Waals surface area contributed by atoms with Crippen LogP contribution in [0.15, 0.2) is 21.8 Å². The van der Waals surface area contributed by atoms with Gasteiger partial charge in [-0.25, -0.2) is 9.61 Å². The Labute approximate surface area is 202 Å². The highest BCUT2D eigenvalue weighted by Gasteiger charge is 2.29. The molecule has 0 fully saturated rings. The van der Waals surface area contributed by atoms with Gasteiger partial charge in [-0.2, -0.15) is 0 Å². The molecule has 13 nitrogen and oxygen atoms in total. The summed E-state index contributed by atoms with van der Waals surface area (Å²) in [5.74, 6) is -2.25. The van der Waals surface area contributed by atoms with Crippen LogP contribution in [-0.4, -0.2) is 73.7 Å². The van der Waals surface area contributed by atoms with E-state index in [1.807, 2.05) is 6.92 Å². The van der Waals surface area contributed by atoms with Gasteiger partial charge in [0.2, 0.25) is 5.91 Å². The number of carboxylic acids is 1. The lowest BCUT2D eigenvalue weighted by atomic mass is 10.1. The van der Waals surface area contributed by atoms with Crippen molar-refractivity contribution in [3.05, 3.63) is 34.1 Å². The lowest BCUT2D eigenvalue weighted by molar-refractivity contribution is -0.140. The number of carbonyl (C=O) groups excluding carboxylic acids is 2. The molecule has 0 spiro atoms. The second-order valence-electron chi connectivity index (χ2n) is 8.28. The molecular formula is C22H33N7O6. The number of Topliss-reactive ketones (excluding diaryl/α,β-unsaturated/α-hetero) is 1. The van der Waals surface area contributed by atoms with Crippen molar-refractivity contribution < 1.29 is 24.1 Å². The van der Waals surface area contributed by atoms with Crippen LogP contribution < -0.4 is 16.2 Å². The number of nitrogens with zero attached hydrogens (tertiary/aromatic N) is 5. The van der Waals surface area contributed by atoms with E-state index in [-0.39, 0.29) is 25.3 Å². The normalized spacial score (nSPS) is 12.8. The Morgan fingerprint density at radius 2 is 2.00 bits per heavy atom. The van der Waals surface area contributed by atoms with Crippen molar-refractivity contribution in [3.63, 3.8) is 0 Å². The summed E-state index contributed by atoms with van der Waals surface area (Å²) < 4.78 is 5.84. The summed E-state index contributed by atoms with van der Waals surface area (Å²) in [6, 6.07) is -2.18. The van der Waals surface area contributed by atoms with Gasteiger partial charge in [-0.1, -0.05) is 30.6 Å². The Bertz CT molecular complexity index is 1070. The molecule has 2 unspecified atom stereocenters. The highest BCUT2D eigenvalue weighted by molar-refractivity contribution is 5.93. The molecule has 0 radical (unpaired) electrons. The summed E-state index contributed by atoms with van der Waals surface area (Å²) in [5, 5.41) is 22.1. The number of aromatic nitrogens is 4. The van der Waals surface area contributed by atoms with Gasteiger partial charge >= 0.3 is 5.97 Å². The molecule has 2 aromatic rings. The summed E-state index contributed by atoms with van der Waals surface area (Å²) in [7, 11) is 1.77. The average molecular weight is 492 g/mol. The predicted octanol–water partition coefficient (Wildman–Crippen LogP) is 0.758. The number of carboxylic acid groups (broad SMARTS) is 1. The minimum absolute atomic E-state index is 0.00291. The first-order valence-corrected chi connectivity index (χ1v) is 11.5. The van der Waals surface area contributed by atoms with Crippen LogP contribution in [0.25, 0.3) is 0 Å². The van der Waals surface area contributed by atoms with Crippen molar-refractivity contribution in [2.24, 2.45) is 0 Å². The highest BCUT2D eigenvalue weighted by Crippen LogP contribution is 2.12. The van der Waals surface area contributed by atoms with Crippen LogP contribution in [0.4, 0.5) is 5.82 Å². The van der Waals surface area contributed by atoms with E-state index in [1.54, 1.807) is 25.8 Å². The maximum atomic E-state index is 13.1. The summed E-state index contributed by atoms with van der Waals surface area (Å²) in [6.45, 7) is 6.28. The molecule has 0 aromatic carbocycles. The molecule has 0 bridgehead atoms. The number of aryl methyl sites for hydroxylation is 1. The van der Waals surface area contributed by atoms with E-state index in [4.69, 9.17) is 0 Å². The fraction of sp³-hybridized carbons (Fsp3) is 0.591. The SMILES string of the molecule is CCCCN(C)CC(=O)C(CC(=O)O)NC(=O)C(CC)n1ccnc(NCc2nonc2C)c1=O. The standard InChI is InChI=1S/C22H33N7O6/c1-5-7-9-28(4)13-18(30)15(11-19(31)32)25-21(33)17(6-2)29-10-8-23-20(22(29)34)24-12-16-14(3)26-35-27-16/h8,10,15,17H,5-7,9,11-13H2,1-4H3,(H,23,24)(H,25,33)(H,31,32). The van der Waals surface area contributed by atoms with Gasteiger partial charge in [-0.15, -0.1) is 0 Å². The van der Waals surface area contributed by atoms with Gasteiger partial charge in [0.05, 0.1) is 25.6 Å².